The first-order valence-corrected chi connectivity index (χ1v) is 28.1. The fourth-order valence-electron chi connectivity index (χ4n) is 10.3. The summed E-state index contributed by atoms with van der Waals surface area (Å²) in [6.45, 7) is 12.5. The zero-order valence-electron chi connectivity index (χ0n) is 46.2. The van der Waals surface area contributed by atoms with Crippen LogP contribution in [-0.2, 0) is 0 Å². The quantitative estimate of drug-likeness (QED) is 0.0900. The van der Waals surface area contributed by atoms with Gasteiger partial charge in [-0.2, -0.15) is 0 Å². The summed E-state index contributed by atoms with van der Waals surface area (Å²) in [5.74, 6) is 4.27. The monoisotopic (exact) mass is 1130 g/mol. The molecule has 0 atom stereocenters. The van der Waals surface area contributed by atoms with Gasteiger partial charge in [-0.05, 0) is 184 Å². The predicted molar refractivity (Wildman–Crippen MR) is 340 cm³/mol. The van der Waals surface area contributed by atoms with Gasteiger partial charge >= 0.3 is 0 Å². The van der Waals surface area contributed by atoms with E-state index in [1.54, 1.807) is 0 Å². The number of rotatable bonds is 17. The molecule has 82 heavy (non-hydrogen) atoms. The molecule has 0 unspecified atom stereocenters. The SMILES string of the molecule is Cc1cccc(Oc2cccc(Oc3cccc(N(c4cc(N(c5ccccc5)c5ccccc5)cc(N(c5cccc(Oc6cccc(Oc7cccc(C)c7)c6Cl)c5)c5c(C)cccc5C)c4Cl)c4c(C)cccc4C)c3)c2Cl)c1. The molecule has 406 valence electrons. The number of nitrogens with zero attached hydrogens (tertiary/aromatic N) is 3. The van der Waals surface area contributed by atoms with Crippen molar-refractivity contribution in [2.45, 2.75) is 41.5 Å². The molecule has 0 amide bonds. The van der Waals surface area contributed by atoms with E-state index in [1.807, 2.05) is 147 Å². The third kappa shape index (κ3) is 11.9. The molecule has 0 aliphatic rings. The molecule has 11 aromatic rings. The number of hydrogen-bond donors (Lipinski definition) is 0. The Balaban J connectivity index is 1.11. The highest BCUT2D eigenvalue weighted by Crippen LogP contribution is 2.54. The van der Waals surface area contributed by atoms with Crippen LogP contribution < -0.4 is 33.6 Å². The summed E-state index contributed by atoms with van der Waals surface area (Å²) in [5, 5.41) is 1.15. The minimum atomic E-state index is 0.341. The van der Waals surface area contributed by atoms with Gasteiger partial charge in [0.2, 0.25) is 0 Å². The average Bonchev–Trinajstić information content (AvgIpc) is 3.44. The van der Waals surface area contributed by atoms with Crippen LogP contribution in [0.4, 0.5) is 51.2 Å². The van der Waals surface area contributed by atoms with Crippen molar-refractivity contribution in [3.63, 3.8) is 0 Å². The molecule has 0 bridgehead atoms. The molecule has 11 aromatic carbocycles. The van der Waals surface area contributed by atoms with E-state index in [-0.39, 0.29) is 0 Å². The van der Waals surface area contributed by atoms with Crippen LogP contribution in [0.5, 0.6) is 46.0 Å². The molecule has 7 nitrogen and oxygen atoms in total. The Labute approximate surface area is 495 Å². The smallest absolute Gasteiger partial charge is 0.149 e. The molecule has 10 heteroatoms. The van der Waals surface area contributed by atoms with E-state index >= 15 is 0 Å². The van der Waals surface area contributed by atoms with Crippen LogP contribution in [0.2, 0.25) is 15.1 Å². The Kier molecular flexibility index (Phi) is 16.3. The molecule has 0 aliphatic carbocycles. The molecule has 0 saturated carbocycles. The van der Waals surface area contributed by atoms with Crippen LogP contribution in [0.15, 0.2) is 243 Å². The molecular formula is C72H58Cl3N3O4. The van der Waals surface area contributed by atoms with Crippen molar-refractivity contribution in [3.8, 4) is 46.0 Å². The third-order valence-electron chi connectivity index (χ3n) is 14.0. The summed E-state index contributed by atoms with van der Waals surface area (Å²) in [5.41, 5.74) is 13.9. The minimum Gasteiger partial charge on any atom is -0.456 e. The van der Waals surface area contributed by atoms with Crippen LogP contribution >= 0.6 is 34.8 Å². The van der Waals surface area contributed by atoms with Crippen molar-refractivity contribution >= 4 is 86.0 Å². The Bertz CT molecular complexity index is 3800. The first-order valence-electron chi connectivity index (χ1n) is 27.0. The first kappa shape index (κ1) is 54.8. The molecule has 0 radical (unpaired) electrons. The number of hydrogen-bond acceptors (Lipinski definition) is 7. The topological polar surface area (TPSA) is 46.6 Å². The van der Waals surface area contributed by atoms with Gasteiger partial charge in [0.05, 0.1) is 33.5 Å². The molecule has 0 heterocycles. The Hall–Kier alpha value is -9.11. The van der Waals surface area contributed by atoms with E-state index in [9.17, 15) is 0 Å². The number of para-hydroxylation sites is 4. The summed E-state index contributed by atoms with van der Waals surface area (Å²) in [4.78, 5) is 6.72. The number of halogens is 3. The second-order valence-electron chi connectivity index (χ2n) is 20.1. The van der Waals surface area contributed by atoms with Crippen LogP contribution in [0, 0.1) is 41.5 Å². The highest BCUT2D eigenvalue weighted by Gasteiger charge is 2.29. The molecular weight excluding hydrogens is 1080 g/mol. The van der Waals surface area contributed by atoms with Gasteiger partial charge < -0.3 is 33.6 Å². The number of ether oxygens (including phenoxy) is 4. The van der Waals surface area contributed by atoms with E-state index in [0.717, 1.165) is 73.2 Å². The van der Waals surface area contributed by atoms with Gasteiger partial charge in [0.1, 0.15) is 56.0 Å². The van der Waals surface area contributed by atoms with Crippen molar-refractivity contribution < 1.29 is 18.9 Å². The standard InChI is InChI=1S/C72H58Cl3N3O4/c1-47-21-13-33-58(41-47)79-64-37-19-39-66(69(64)74)81-60-35-17-31-55(43-60)77(71-49(3)23-15-24-50(71)4)62-45-57(76(53-27-9-7-10-28-53)54-29-11-8-12-30-54)46-63(68(62)73)78(72-51(5)25-16-26-52(72)6)56-32-18-36-61(44-56)82-67-40-20-38-65(70(67)75)80-59-34-14-22-48(2)42-59/h7-46H,1-6H3. The van der Waals surface area contributed by atoms with E-state index < -0.39 is 0 Å². The first-order chi connectivity index (χ1) is 39.9. The van der Waals surface area contributed by atoms with Crippen molar-refractivity contribution in [3.05, 3.63) is 291 Å². The van der Waals surface area contributed by atoms with Gasteiger partial charge in [-0.1, -0.05) is 156 Å². The maximum absolute atomic E-state index is 8.32. The second-order valence-corrected chi connectivity index (χ2v) is 21.3. The van der Waals surface area contributed by atoms with Gasteiger partial charge in [-0.25, -0.2) is 0 Å². The van der Waals surface area contributed by atoms with Crippen LogP contribution in [0.25, 0.3) is 0 Å². The maximum atomic E-state index is 8.32. The summed E-state index contributed by atoms with van der Waals surface area (Å²) in [6, 6.07) is 80.5. The zero-order chi connectivity index (χ0) is 56.9. The Morgan fingerprint density at radius 2 is 0.561 bits per heavy atom. The van der Waals surface area contributed by atoms with Crippen molar-refractivity contribution in [2.75, 3.05) is 14.7 Å². The lowest BCUT2D eigenvalue weighted by Gasteiger charge is -2.36. The van der Waals surface area contributed by atoms with Gasteiger partial charge in [0.25, 0.3) is 0 Å². The lowest BCUT2D eigenvalue weighted by atomic mass is 10.0. The lowest BCUT2D eigenvalue weighted by Crippen LogP contribution is -2.19. The summed E-state index contributed by atoms with van der Waals surface area (Å²) in [7, 11) is 0. The molecule has 0 fully saturated rings. The fourth-order valence-corrected chi connectivity index (χ4v) is 10.9. The highest BCUT2D eigenvalue weighted by molar-refractivity contribution is 6.37. The lowest BCUT2D eigenvalue weighted by molar-refractivity contribution is 0.460. The van der Waals surface area contributed by atoms with Crippen LogP contribution in [0.3, 0.4) is 0 Å². The minimum absolute atomic E-state index is 0.341. The van der Waals surface area contributed by atoms with Gasteiger partial charge in [0, 0.05) is 34.9 Å². The maximum Gasteiger partial charge on any atom is 0.149 e. The number of aryl methyl sites for hydroxylation is 6. The Morgan fingerprint density at radius 3 is 0.915 bits per heavy atom. The van der Waals surface area contributed by atoms with Crippen LogP contribution in [0.1, 0.15) is 33.4 Å². The fraction of sp³-hybridized carbons (Fsp3) is 0.0833. The van der Waals surface area contributed by atoms with Crippen LogP contribution in [-0.4, -0.2) is 0 Å². The van der Waals surface area contributed by atoms with Crippen molar-refractivity contribution in [2.24, 2.45) is 0 Å². The van der Waals surface area contributed by atoms with E-state index in [0.29, 0.717) is 72.4 Å². The number of benzene rings is 11. The van der Waals surface area contributed by atoms with Crippen molar-refractivity contribution in [1.29, 1.82) is 0 Å². The average molecular weight is 1140 g/mol. The molecule has 0 spiro atoms. The predicted octanol–water partition coefficient (Wildman–Crippen LogP) is 23.1. The van der Waals surface area contributed by atoms with Gasteiger partial charge in [-0.3, -0.25) is 0 Å². The molecule has 11 rings (SSSR count). The zero-order valence-corrected chi connectivity index (χ0v) is 48.5. The van der Waals surface area contributed by atoms with Gasteiger partial charge in [-0.15, -0.1) is 0 Å². The molecule has 0 saturated heterocycles. The highest BCUT2D eigenvalue weighted by atomic mass is 35.5. The summed E-state index contributed by atoms with van der Waals surface area (Å²) < 4.78 is 26.0. The largest absolute Gasteiger partial charge is 0.456 e. The van der Waals surface area contributed by atoms with E-state index in [4.69, 9.17) is 53.8 Å². The molecule has 0 N–H and O–H groups in total. The van der Waals surface area contributed by atoms with Crippen molar-refractivity contribution in [1.82, 2.24) is 0 Å². The summed E-state index contributed by atoms with van der Waals surface area (Å²) >= 11 is 22.5. The molecule has 0 aromatic heterocycles. The third-order valence-corrected chi connectivity index (χ3v) is 15.1. The normalized spacial score (nSPS) is 11.0. The Morgan fingerprint density at radius 1 is 0.256 bits per heavy atom. The molecule has 0 aliphatic heterocycles. The van der Waals surface area contributed by atoms with E-state index in [1.165, 1.54) is 0 Å². The van der Waals surface area contributed by atoms with Gasteiger partial charge in [0.15, 0.2) is 0 Å². The summed E-state index contributed by atoms with van der Waals surface area (Å²) in [6.07, 6.45) is 0. The second kappa shape index (κ2) is 24.3. The van der Waals surface area contributed by atoms with E-state index in [2.05, 4.69) is 152 Å². The number of anilines is 9.